The second kappa shape index (κ2) is 10.2. The summed E-state index contributed by atoms with van der Waals surface area (Å²) in [7, 11) is 4.09. The molecule has 172 valence electrons. The van der Waals surface area contributed by atoms with E-state index >= 15 is 0 Å². The molecule has 1 saturated carbocycles. The van der Waals surface area contributed by atoms with Gasteiger partial charge in [0.1, 0.15) is 11.6 Å². The minimum Gasteiger partial charge on any atom is -0.362 e. The average molecular weight is 477 g/mol. The molecule has 1 heterocycles. The van der Waals surface area contributed by atoms with Crippen LogP contribution in [0.25, 0.3) is 0 Å². The summed E-state index contributed by atoms with van der Waals surface area (Å²) in [6.07, 6.45) is 8.40. The van der Waals surface area contributed by atoms with Gasteiger partial charge in [-0.1, -0.05) is 11.6 Å². The zero-order chi connectivity index (χ0) is 22.7. The van der Waals surface area contributed by atoms with Crippen LogP contribution in [0.15, 0.2) is 18.2 Å². The maximum atomic E-state index is 13.9. The van der Waals surface area contributed by atoms with Gasteiger partial charge in [-0.05, 0) is 81.8 Å². The van der Waals surface area contributed by atoms with Crippen LogP contribution in [-0.4, -0.2) is 41.3 Å². The fourth-order valence-corrected chi connectivity index (χ4v) is 4.96. The first-order chi connectivity index (χ1) is 15.4. The minimum absolute atomic E-state index is 0.247. The van der Waals surface area contributed by atoms with Crippen molar-refractivity contribution in [3.05, 3.63) is 40.3 Å². The second-order valence-corrected chi connectivity index (χ2v) is 9.66. The Morgan fingerprint density at radius 2 is 1.81 bits per heavy atom. The van der Waals surface area contributed by atoms with Gasteiger partial charge in [-0.3, -0.25) is 0 Å². The number of halogens is 2. The molecule has 2 aromatic rings. The van der Waals surface area contributed by atoms with Gasteiger partial charge in [0.15, 0.2) is 5.11 Å². The van der Waals surface area contributed by atoms with Gasteiger partial charge in [0.05, 0.1) is 11.4 Å². The standard InChI is InChI=1S/C23H30ClFN6S/c1-31(2)21-17-5-3-4-6-19(17)28-22(30-21)26-15-8-10-16(11-9-15)27-23(32)29-20-13-14(24)7-12-18(20)25/h7,12-13,15-16H,3-6,8-11H2,1-2H3,(H,26,28,30)(H2,27,29,32)/t15-,16+. The number of hydrogen-bond donors (Lipinski definition) is 3. The molecule has 9 heteroatoms. The van der Waals surface area contributed by atoms with Crippen molar-refractivity contribution >= 4 is 46.4 Å². The Hall–Kier alpha value is -2.19. The summed E-state index contributed by atoms with van der Waals surface area (Å²) in [6.45, 7) is 0. The van der Waals surface area contributed by atoms with Crippen molar-refractivity contribution < 1.29 is 4.39 Å². The van der Waals surface area contributed by atoms with Crippen LogP contribution >= 0.6 is 23.8 Å². The van der Waals surface area contributed by atoms with Crippen LogP contribution < -0.4 is 20.9 Å². The molecule has 0 atom stereocenters. The normalized spacial score (nSPS) is 20.2. The van der Waals surface area contributed by atoms with Crippen LogP contribution in [0.3, 0.4) is 0 Å². The van der Waals surface area contributed by atoms with Crippen molar-refractivity contribution in [2.45, 2.75) is 63.5 Å². The summed E-state index contributed by atoms with van der Waals surface area (Å²) < 4.78 is 13.9. The highest BCUT2D eigenvalue weighted by molar-refractivity contribution is 7.80. The first kappa shape index (κ1) is 23.0. The van der Waals surface area contributed by atoms with E-state index in [1.54, 1.807) is 0 Å². The number of anilines is 3. The predicted octanol–water partition coefficient (Wildman–Crippen LogP) is 4.92. The summed E-state index contributed by atoms with van der Waals surface area (Å²) in [5.41, 5.74) is 2.78. The van der Waals surface area contributed by atoms with Crippen LogP contribution in [0, 0.1) is 5.82 Å². The third-order valence-corrected chi connectivity index (χ3v) is 6.61. The predicted molar refractivity (Wildman–Crippen MR) is 133 cm³/mol. The Kier molecular flexibility index (Phi) is 7.30. The van der Waals surface area contributed by atoms with Gasteiger partial charge >= 0.3 is 0 Å². The molecule has 0 radical (unpaired) electrons. The van der Waals surface area contributed by atoms with Crippen LogP contribution in [0.4, 0.5) is 21.8 Å². The minimum atomic E-state index is -0.381. The summed E-state index contributed by atoms with van der Waals surface area (Å²) in [4.78, 5) is 11.8. The van der Waals surface area contributed by atoms with E-state index < -0.39 is 0 Å². The third-order valence-electron chi connectivity index (χ3n) is 6.16. The molecule has 1 fully saturated rings. The summed E-state index contributed by atoms with van der Waals surface area (Å²) in [5, 5.41) is 10.7. The second-order valence-electron chi connectivity index (χ2n) is 8.81. The number of thiocarbonyl (C=S) groups is 1. The number of nitrogens with zero attached hydrogens (tertiary/aromatic N) is 3. The van der Waals surface area contributed by atoms with E-state index in [0.717, 1.165) is 50.3 Å². The monoisotopic (exact) mass is 476 g/mol. The number of hydrogen-bond acceptors (Lipinski definition) is 5. The molecule has 0 unspecified atom stereocenters. The maximum Gasteiger partial charge on any atom is 0.225 e. The molecule has 0 saturated heterocycles. The summed E-state index contributed by atoms with van der Waals surface area (Å²) in [5.74, 6) is 1.39. The van der Waals surface area contributed by atoms with Gasteiger partial charge in [0.25, 0.3) is 0 Å². The third kappa shape index (κ3) is 5.59. The molecule has 0 amide bonds. The average Bonchev–Trinajstić information content (AvgIpc) is 2.77. The molecular weight excluding hydrogens is 447 g/mol. The molecule has 32 heavy (non-hydrogen) atoms. The van der Waals surface area contributed by atoms with E-state index in [4.69, 9.17) is 33.8 Å². The topological polar surface area (TPSA) is 65.1 Å². The molecular formula is C23H30ClFN6S. The van der Waals surface area contributed by atoms with Gasteiger partial charge in [0, 0.05) is 36.8 Å². The van der Waals surface area contributed by atoms with Crippen LogP contribution in [0.5, 0.6) is 0 Å². The van der Waals surface area contributed by atoms with E-state index in [0.29, 0.717) is 16.2 Å². The SMILES string of the molecule is CN(C)c1nc(N[C@H]2CC[C@@H](NC(=S)Nc3cc(Cl)ccc3F)CC2)nc2c1CCCC2. The van der Waals surface area contributed by atoms with E-state index in [-0.39, 0.29) is 17.5 Å². The molecule has 0 aliphatic heterocycles. The van der Waals surface area contributed by atoms with Crippen LogP contribution in [-0.2, 0) is 12.8 Å². The Morgan fingerprint density at radius 3 is 2.56 bits per heavy atom. The van der Waals surface area contributed by atoms with Crippen molar-refractivity contribution in [2.24, 2.45) is 0 Å². The Morgan fingerprint density at radius 1 is 1.09 bits per heavy atom. The zero-order valence-corrected chi connectivity index (χ0v) is 20.1. The highest BCUT2D eigenvalue weighted by Crippen LogP contribution is 2.29. The first-order valence-electron chi connectivity index (χ1n) is 11.3. The van der Waals surface area contributed by atoms with E-state index in [9.17, 15) is 4.39 Å². The van der Waals surface area contributed by atoms with E-state index in [2.05, 4.69) is 20.9 Å². The van der Waals surface area contributed by atoms with Crippen LogP contribution in [0.1, 0.15) is 49.8 Å². The lowest BCUT2D eigenvalue weighted by atomic mass is 9.91. The summed E-state index contributed by atoms with van der Waals surface area (Å²) in [6, 6.07) is 4.95. The fraction of sp³-hybridized carbons (Fsp3) is 0.522. The fourth-order valence-electron chi connectivity index (χ4n) is 4.51. The van der Waals surface area contributed by atoms with Crippen molar-refractivity contribution in [3.8, 4) is 0 Å². The Labute approximate surface area is 199 Å². The molecule has 4 rings (SSSR count). The van der Waals surface area contributed by atoms with Crippen molar-refractivity contribution in [1.82, 2.24) is 15.3 Å². The summed E-state index contributed by atoms with van der Waals surface area (Å²) >= 11 is 11.3. The lowest BCUT2D eigenvalue weighted by molar-refractivity contribution is 0.387. The zero-order valence-electron chi connectivity index (χ0n) is 18.5. The van der Waals surface area contributed by atoms with Gasteiger partial charge < -0.3 is 20.9 Å². The highest BCUT2D eigenvalue weighted by atomic mass is 35.5. The molecule has 3 N–H and O–H groups in total. The van der Waals surface area contributed by atoms with Crippen molar-refractivity contribution in [3.63, 3.8) is 0 Å². The quantitative estimate of drug-likeness (QED) is 0.529. The number of fused-ring (bicyclic) bond motifs is 1. The largest absolute Gasteiger partial charge is 0.362 e. The molecule has 0 spiro atoms. The molecule has 6 nitrogen and oxygen atoms in total. The molecule has 0 bridgehead atoms. The first-order valence-corrected chi connectivity index (χ1v) is 12.0. The number of benzene rings is 1. The lowest BCUT2D eigenvalue weighted by Gasteiger charge is -2.31. The van der Waals surface area contributed by atoms with Gasteiger partial charge in [0.2, 0.25) is 5.95 Å². The molecule has 1 aromatic carbocycles. The Balaban J connectivity index is 1.31. The van der Waals surface area contributed by atoms with Gasteiger partial charge in [-0.25, -0.2) is 9.37 Å². The maximum absolute atomic E-state index is 13.9. The number of aryl methyl sites for hydroxylation is 1. The number of rotatable bonds is 5. The number of nitrogens with one attached hydrogen (secondary N) is 3. The van der Waals surface area contributed by atoms with Gasteiger partial charge in [-0.2, -0.15) is 4.98 Å². The van der Waals surface area contributed by atoms with E-state index in [1.807, 2.05) is 14.1 Å². The van der Waals surface area contributed by atoms with Crippen molar-refractivity contribution in [2.75, 3.05) is 29.6 Å². The van der Waals surface area contributed by atoms with Gasteiger partial charge in [-0.15, -0.1) is 0 Å². The smallest absolute Gasteiger partial charge is 0.225 e. The molecule has 2 aliphatic rings. The number of aromatic nitrogens is 2. The lowest BCUT2D eigenvalue weighted by Crippen LogP contribution is -2.42. The van der Waals surface area contributed by atoms with Crippen LogP contribution in [0.2, 0.25) is 5.02 Å². The highest BCUT2D eigenvalue weighted by Gasteiger charge is 2.24. The molecule has 1 aromatic heterocycles. The Bertz CT molecular complexity index is 977. The molecule has 2 aliphatic carbocycles. The van der Waals surface area contributed by atoms with Crippen molar-refractivity contribution in [1.29, 1.82) is 0 Å². The van der Waals surface area contributed by atoms with E-state index in [1.165, 1.54) is 42.3 Å².